The van der Waals surface area contributed by atoms with Crippen LogP contribution in [0.25, 0.3) is 5.57 Å². The number of likely N-dealkylation sites (tertiary alicyclic amines) is 1. The van der Waals surface area contributed by atoms with Gasteiger partial charge in [-0.05, 0) is 49.1 Å². The highest BCUT2D eigenvalue weighted by atomic mass is 16.2. The summed E-state index contributed by atoms with van der Waals surface area (Å²) in [5.74, 6) is 0.00549. The van der Waals surface area contributed by atoms with Crippen LogP contribution in [0.4, 0.5) is 5.69 Å². The van der Waals surface area contributed by atoms with Gasteiger partial charge in [0.15, 0.2) is 0 Å². The molecule has 1 aromatic heterocycles. The number of carbonyl (C=O) groups excluding carboxylic acids is 2. The predicted octanol–water partition coefficient (Wildman–Crippen LogP) is 4.35. The van der Waals surface area contributed by atoms with Crippen molar-refractivity contribution in [3.8, 4) is 0 Å². The minimum atomic E-state index is 0.00196. The fourth-order valence-corrected chi connectivity index (χ4v) is 3.64. The van der Waals surface area contributed by atoms with Gasteiger partial charge < -0.3 is 9.80 Å². The molecule has 3 rings (SSSR count). The lowest BCUT2D eigenvalue weighted by atomic mass is 9.96. The lowest BCUT2D eigenvalue weighted by Gasteiger charge is -2.19. The Balaban J connectivity index is 1.63. The van der Waals surface area contributed by atoms with Gasteiger partial charge in [-0.15, -0.1) is 0 Å². The van der Waals surface area contributed by atoms with Gasteiger partial charge in [-0.3, -0.25) is 14.6 Å². The molecule has 1 aliphatic rings. The van der Waals surface area contributed by atoms with Crippen molar-refractivity contribution in [2.45, 2.75) is 33.1 Å². The molecule has 0 bridgehead atoms. The van der Waals surface area contributed by atoms with Gasteiger partial charge in [-0.2, -0.15) is 0 Å². The van der Waals surface area contributed by atoms with Crippen LogP contribution in [0.1, 0.15) is 37.3 Å². The number of hydrogen-bond donors (Lipinski definition) is 0. The van der Waals surface area contributed by atoms with Crippen LogP contribution in [0, 0.1) is 6.92 Å². The van der Waals surface area contributed by atoms with E-state index < -0.39 is 0 Å². The van der Waals surface area contributed by atoms with Gasteiger partial charge in [0.05, 0.1) is 11.9 Å². The van der Waals surface area contributed by atoms with Crippen LogP contribution in [0.2, 0.25) is 0 Å². The smallest absolute Gasteiger partial charge is 0.254 e. The maximum absolute atomic E-state index is 13.0. The molecule has 0 radical (unpaired) electrons. The summed E-state index contributed by atoms with van der Waals surface area (Å²) < 4.78 is 0. The molecule has 0 spiro atoms. The maximum atomic E-state index is 13.0. The molecular formula is C24H27N3O2. The summed E-state index contributed by atoms with van der Waals surface area (Å²) in [6.45, 7) is 8.63. The Kier molecular flexibility index (Phi) is 6.27. The van der Waals surface area contributed by atoms with Crippen molar-refractivity contribution < 1.29 is 9.59 Å². The van der Waals surface area contributed by atoms with E-state index >= 15 is 0 Å². The van der Waals surface area contributed by atoms with Crippen molar-refractivity contribution in [1.82, 2.24) is 9.88 Å². The monoisotopic (exact) mass is 389 g/mol. The van der Waals surface area contributed by atoms with E-state index in [1.54, 1.807) is 35.3 Å². The fraction of sp³-hybridized carbons (Fsp3) is 0.292. The van der Waals surface area contributed by atoms with Gasteiger partial charge in [0.1, 0.15) is 0 Å². The highest BCUT2D eigenvalue weighted by Crippen LogP contribution is 2.33. The molecule has 1 aliphatic heterocycles. The van der Waals surface area contributed by atoms with Crippen molar-refractivity contribution in [2.75, 3.05) is 18.5 Å². The lowest BCUT2D eigenvalue weighted by Crippen LogP contribution is -2.29. The largest absolute Gasteiger partial charge is 0.314 e. The zero-order valence-electron chi connectivity index (χ0n) is 17.3. The number of rotatable bonds is 6. The Labute approximate surface area is 172 Å². The molecule has 0 unspecified atom stereocenters. The molecule has 150 valence electrons. The van der Waals surface area contributed by atoms with Gasteiger partial charge >= 0.3 is 0 Å². The third kappa shape index (κ3) is 4.45. The third-order valence-corrected chi connectivity index (χ3v) is 5.45. The molecule has 2 amide bonds. The molecule has 5 nitrogen and oxygen atoms in total. The standard InChI is InChI=1S/C24H27N3O2/c1-17-9-5-6-11-21(17)19(3)22-15-18(2)27(24(22)29)14-8-12-23(28)26(4)20-10-7-13-25-16-20/h5-7,9-11,13,16H,2,8,12,14-15H2,1,3-4H3/b22-19+. The summed E-state index contributed by atoms with van der Waals surface area (Å²) in [6, 6.07) is 11.7. The molecule has 5 heteroatoms. The van der Waals surface area contributed by atoms with Crippen LogP contribution < -0.4 is 4.90 Å². The van der Waals surface area contributed by atoms with Crippen molar-refractivity contribution in [3.05, 3.63) is 77.8 Å². The van der Waals surface area contributed by atoms with E-state index in [4.69, 9.17) is 0 Å². The first kappa shape index (κ1) is 20.5. The second-order valence-electron chi connectivity index (χ2n) is 7.39. The van der Waals surface area contributed by atoms with E-state index in [1.807, 2.05) is 31.2 Å². The zero-order valence-corrected chi connectivity index (χ0v) is 17.3. The van der Waals surface area contributed by atoms with Crippen molar-refractivity contribution >= 4 is 23.1 Å². The minimum absolute atomic E-state index is 0.00196. The number of allylic oxidation sites excluding steroid dienone is 2. The van der Waals surface area contributed by atoms with Gasteiger partial charge in [0, 0.05) is 43.9 Å². The van der Waals surface area contributed by atoms with Crippen LogP contribution >= 0.6 is 0 Å². The summed E-state index contributed by atoms with van der Waals surface area (Å²) in [7, 11) is 1.74. The lowest BCUT2D eigenvalue weighted by molar-refractivity contribution is -0.124. The number of amides is 2. The number of hydrogen-bond acceptors (Lipinski definition) is 3. The topological polar surface area (TPSA) is 53.5 Å². The highest BCUT2D eigenvalue weighted by molar-refractivity contribution is 6.05. The summed E-state index contributed by atoms with van der Waals surface area (Å²) in [4.78, 5) is 32.8. The summed E-state index contributed by atoms with van der Waals surface area (Å²) in [5.41, 5.74) is 5.61. The van der Waals surface area contributed by atoms with Crippen LogP contribution in [0.5, 0.6) is 0 Å². The van der Waals surface area contributed by atoms with Crippen LogP contribution in [0.3, 0.4) is 0 Å². The maximum Gasteiger partial charge on any atom is 0.254 e. The van der Waals surface area contributed by atoms with Gasteiger partial charge in [0.25, 0.3) is 5.91 Å². The number of nitrogens with zero attached hydrogens (tertiary/aromatic N) is 3. The number of carbonyl (C=O) groups is 2. The van der Waals surface area contributed by atoms with Crippen molar-refractivity contribution in [3.63, 3.8) is 0 Å². The highest BCUT2D eigenvalue weighted by Gasteiger charge is 2.31. The number of pyridine rings is 1. The van der Waals surface area contributed by atoms with Gasteiger partial charge in [0.2, 0.25) is 5.91 Å². The van der Waals surface area contributed by atoms with E-state index in [-0.39, 0.29) is 11.8 Å². The first-order valence-corrected chi connectivity index (χ1v) is 9.82. The second kappa shape index (κ2) is 8.86. The summed E-state index contributed by atoms with van der Waals surface area (Å²) >= 11 is 0. The summed E-state index contributed by atoms with van der Waals surface area (Å²) in [5, 5.41) is 0. The molecule has 2 heterocycles. The second-order valence-corrected chi connectivity index (χ2v) is 7.39. The summed E-state index contributed by atoms with van der Waals surface area (Å²) in [6.07, 6.45) is 4.84. The van der Waals surface area contributed by atoms with Gasteiger partial charge in [-0.25, -0.2) is 0 Å². The van der Waals surface area contributed by atoms with E-state index in [0.29, 0.717) is 25.8 Å². The molecule has 0 aliphatic carbocycles. The minimum Gasteiger partial charge on any atom is -0.314 e. The fourth-order valence-electron chi connectivity index (χ4n) is 3.64. The Morgan fingerprint density at radius 2 is 2.00 bits per heavy atom. The first-order chi connectivity index (χ1) is 13.9. The number of aromatic nitrogens is 1. The first-order valence-electron chi connectivity index (χ1n) is 9.82. The average molecular weight is 389 g/mol. The van der Waals surface area contributed by atoms with Gasteiger partial charge in [-0.1, -0.05) is 30.8 Å². The van der Waals surface area contributed by atoms with E-state index in [9.17, 15) is 9.59 Å². The molecule has 1 saturated heterocycles. The van der Waals surface area contributed by atoms with Crippen LogP contribution in [-0.2, 0) is 9.59 Å². The Bertz CT molecular complexity index is 963. The van der Waals surface area contributed by atoms with Crippen molar-refractivity contribution in [2.24, 2.45) is 0 Å². The average Bonchev–Trinajstić information content (AvgIpc) is 3.02. The quantitative estimate of drug-likeness (QED) is 0.690. The molecular weight excluding hydrogens is 362 g/mol. The molecule has 0 saturated carbocycles. The third-order valence-electron chi connectivity index (χ3n) is 5.45. The number of aryl methyl sites for hydroxylation is 1. The molecule has 2 aromatic rings. The zero-order chi connectivity index (χ0) is 21.0. The molecule has 0 atom stereocenters. The van der Waals surface area contributed by atoms with E-state index in [2.05, 4.69) is 24.6 Å². The van der Waals surface area contributed by atoms with Crippen LogP contribution in [-0.4, -0.2) is 35.3 Å². The predicted molar refractivity (Wildman–Crippen MR) is 116 cm³/mol. The van der Waals surface area contributed by atoms with Crippen LogP contribution in [0.15, 0.2) is 66.6 Å². The number of anilines is 1. The molecule has 0 N–H and O–H groups in total. The SMILES string of the molecule is C=C1C/C(=C(/C)c2ccccc2C)C(=O)N1CCCC(=O)N(C)c1cccnc1. The van der Waals surface area contributed by atoms with Crippen molar-refractivity contribution in [1.29, 1.82) is 0 Å². The normalized spacial score (nSPS) is 15.6. The Morgan fingerprint density at radius 3 is 2.69 bits per heavy atom. The Hall–Kier alpha value is -3.21. The van der Waals surface area contributed by atoms with E-state index in [1.165, 1.54) is 0 Å². The molecule has 29 heavy (non-hydrogen) atoms. The molecule has 1 fully saturated rings. The molecule has 1 aromatic carbocycles. The van der Waals surface area contributed by atoms with E-state index in [0.717, 1.165) is 33.7 Å². The number of benzene rings is 1. The Morgan fingerprint density at radius 1 is 1.24 bits per heavy atom.